The number of oxime groups is 1. The van der Waals surface area contributed by atoms with Crippen LogP contribution in [0.1, 0.15) is 49.8 Å². The predicted octanol–water partition coefficient (Wildman–Crippen LogP) is 1.31. The lowest BCUT2D eigenvalue weighted by molar-refractivity contribution is -0.141. The fourth-order valence-corrected chi connectivity index (χ4v) is 2.92. The molecule has 1 aromatic rings. The number of rotatable bonds is 6. The summed E-state index contributed by atoms with van der Waals surface area (Å²) in [5, 5.41) is 15.5. The smallest absolute Gasteiger partial charge is 0.332 e. The Labute approximate surface area is 151 Å². The normalized spacial score (nSPS) is 20.5. The number of carbonyl (C=O) groups is 3. The van der Waals surface area contributed by atoms with Crippen LogP contribution in [0.3, 0.4) is 0 Å². The SMILES string of the molecule is CC(=O)O/N=C(/N)c1ccc(C2CC([O])CCN2C(=O)CCC=O)cc1. The molecule has 1 amide bonds. The van der Waals surface area contributed by atoms with Crippen molar-refractivity contribution in [1.82, 2.24) is 4.90 Å². The van der Waals surface area contributed by atoms with E-state index in [4.69, 9.17) is 5.73 Å². The number of carbonyl (C=O) groups excluding carboxylic acids is 3. The number of hydrogen-bond acceptors (Lipinski definition) is 5. The van der Waals surface area contributed by atoms with E-state index in [1.165, 1.54) is 6.92 Å². The zero-order chi connectivity index (χ0) is 19.1. The molecule has 2 unspecified atom stereocenters. The summed E-state index contributed by atoms with van der Waals surface area (Å²) >= 11 is 0. The minimum Gasteiger partial charge on any atom is -0.380 e. The summed E-state index contributed by atoms with van der Waals surface area (Å²) in [6, 6.07) is 6.61. The van der Waals surface area contributed by atoms with Crippen LogP contribution in [0.25, 0.3) is 0 Å². The summed E-state index contributed by atoms with van der Waals surface area (Å²) in [5.74, 6) is -0.650. The second-order valence-corrected chi connectivity index (χ2v) is 6.14. The zero-order valence-electron chi connectivity index (χ0n) is 14.6. The number of amidine groups is 1. The number of benzene rings is 1. The van der Waals surface area contributed by atoms with Crippen LogP contribution in [0, 0.1) is 0 Å². The van der Waals surface area contributed by atoms with Gasteiger partial charge in [0.25, 0.3) is 0 Å². The van der Waals surface area contributed by atoms with Crippen molar-refractivity contribution in [2.24, 2.45) is 10.9 Å². The first-order valence-corrected chi connectivity index (χ1v) is 8.42. The third-order valence-corrected chi connectivity index (χ3v) is 4.21. The topological polar surface area (TPSA) is 122 Å². The molecule has 26 heavy (non-hydrogen) atoms. The average Bonchev–Trinajstić information content (AvgIpc) is 2.64. The van der Waals surface area contributed by atoms with Gasteiger partial charge in [0.05, 0.1) is 12.1 Å². The van der Waals surface area contributed by atoms with Gasteiger partial charge in [-0.2, -0.15) is 0 Å². The molecule has 2 rings (SSSR count). The van der Waals surface area contributed by atoms with Gasteiger partial charge in [-0.1, -0.05) is 29.4 Å². The van der Waals surface area contributed by atoms with Gasteiger partial charge in [0.2, 0.25) is 5.91 Å². The van der Waals surface area contributed by atoms with Gasteiger partial charge in [0.15, 0.2) is 5.84 Å². The molecule has 0 saturated carbocycles. The van der Waals surface area contributed by atoms with E-state index in [0.29, 0.717) is 31.2 Å². The second-order valence-electron chi connectivity index (χ2n) is 6.14. The van der Waals surface area contributed by atoms with Crippen molar-refractivity contribution in [3.05, 3.63) is 35.4 Å². The number of aldehydes is 1. The third-order valence-electron chi connectivity index (χ3n) is 4.21. The summed E-state index contributed by atoms with van der Waals surface area (Å²) in [6.45, 7) is 1.60. The molecule has 2 atom stereocenters. The first-order valence-electron chi connectivity index (χ1n) is 8.42. The van der Waals surface area contributed by atoms with Crippen molar-refractivity contribution in [2.45, 2.75) is 44.8 Å². The van der Waals surface area contributed by atoms with Crippen LogP contribution in [-0.4, -0.2) is 41.5 Å². The van der Waals surface area contributed by atoms with E-state index in [2.05, 4.69) is 9.99 Å². The molecule has 1 radical (unpaired) electrons. The summed E-state index contributed by atoms with van der Waals surface area (Å²) in [5.41, 5.74) is 7.12. The van der Waals surface area contributed by atoms with E-state index in [0.717, 1.165) is 5.56 Å². The summed E-state index contributed by atoms with van der Waals surface area (Å²) in [7, 11) is 0. The monoisotopic (exact) mass is 360 g/mol. The first-order chi connectivity index (χ1) is 12.4. The van der Waals surface area contributed by atoms with Crippen molar-refractivity contribution in [2.75, 3.05) is 6.54 Å². The molecule has 0 aliphatic carbocycles. The Kier molecular flexibility index (Phi) is 6.85. The molecule has 8 nitrogen and oxygen atoms in total. The van der Waals surface area contributed by atoms with Crippen LogP contribution in [0.15, 0.2) is 29.4 Å². The lowest BCUT2D eigenvalue weighted by Crippen LogP contribution is -2.42. The Morgan fingerprint density at radius 3 is 2.65 bits per heavy atom. The van der Waals surface area contributed by atoms with Crippen LogP contribution in [0.2, 0.25) is 0 Å². The molecule has 2 N–H and O–H groups in total. The van der Waals surface area contributed by atoms with Crippen molar-refractivity contribution in [3.63, 3.8) is 0 Å². The molecule has 139 valence electrons. The highest BCUT2D eigenvalue weighted by atomic mass is 16.7. The molecule has 0 aromatic heterocycles. The maximum Gasteiger partial charge on any atom is 0.332 e. The lowest BCUT2D eigenvalue weighted by Gasteiger charge is -2.37. The van der Waals surface area contributed by atoms with Crippen LogP contribution >= 0.6 is 0 Å². The van der Waals surface area contributed by atoms with Gasteiger partial charge in [0, 0.05) is 38.3 Å². The highest BCUT2D eigenvalue weighted by molar-refractivity contribution is 5.97. The maximum atomic E-state index is 12.3. The van der Waals surface area contributed by atoms with Crippen LogP contribution in [0.4, 0.5) is 0 Å². The molecule has 1 aliphatic rings. The van der Waals surface area contributed by atoms with Gasteiger partial charge in [-0.3, -0.25) is 4.79 Å². The standard InChI is InChI=1S/C18H22N3O5/c1-12(23)26-20-18(19)14-6-4-13(5-7-14)16-11-15(24)8-9-21(16)17(25)3-2-10-22/h4-7,10,15-16H,2-3,8-9,11H2,1H3,(H2,19,20). The van der Waals surface area contributed by atoms with Crippen molar-refractivity contribution in [3.8, 4) is 0 Å². The van der Waals surface area contributed by atoms with Crippen LogP contribution in [-0.2, 0) is 24.3 Å². The fraction of sp³-hybridized carbons (Fsp3) is 0.444. The summed E-state index contributed by atoms with van der Waals surface area (Å²) in [6.07, 6.45) is 1.03. The maximum absolute atomic E-state index is 12.3. The van der Waals surface area contributed by atoms with Crippen molar-refractivity contribution < 1.29 is 24.3 Å². The molecule has 1 saturated heterocycles. The van der Waals surface area contributed by atoms with Gasteiger partial charge >= 0.3 is 5.97 Å². The minimum atomic E-state index is -0.731. The molecule has 1 aliphatic heterocycles. The molecule has 8 heteroatoms. The number of nitrogens with zero attached hydrogens (tertiary/aromatic N) is 2. The van der Waals surface area contributed by atoms with Crippen molar-refractivity contribution in [1.29, 1.82) is 0 Å². The van der Waals surface area contributed by atoms with E-state index in [1.807, 2.05) is 0 Å². The molecule has 1 aromatic carbocycles. The second kappa shape index (κ2) is 9.10. The van der Waals surface area contributed by atoms with E-state index in [-0.39, 0.29) is 30.6 Å². The Hall–Kier alpha value is -2.74. The van der Waals surface area contributed by atoms with Gasteiger partial charge in [0.1, 0.15) is 6.29 Å². The Bertz CT molecular complexity index is 687. The van der Waals surface area contributed by atoms with Gasteiger partial charge in [-0.15, -0.1) is 0 Å². The first kappa shape index (κ1) is 19.6. The zero-order valence-corrected chi connectivity index (χ0v) is 14.6. The van der Waals surface area contributed by atoms with Gasteiger partial charge in [-0.05, 0) is 12.0 Å². The van der Waals surface area contributed by atoms with Gasteiger partial charge in [-0.25, -0.2) is 9.90 Å². The molecule has 1 fully saturated rings. The molecule has 0 spiro atoms. The fourth-order valence-electron chi connectivity index (χ4n) is 2.92. The predicted molar refractivity (Wildman–Crippen MR) is 92.4 cm³/mol. The van der Waals surface area contributed by atoms with Gasteiger partial charge < -0.3 is 20.3 Å². The van der Waals surface area contributed by atoms with E-state index in [1.54, 1.807) is 29.2 Å². The van der Waals surface area contributed by atoms with Crippen LogP contribution < -0.4 is 5.73 Å². The Balaban J connectivity index is 2.17. The molecular weight excluding hydrogens is 338 g/mol. The van der Waals surface area contributed by atoms with E-state index in [9.17, 15) is 19.5 Å². The average molecular weight is 360 g/mol. The molecule has 0 bridgehead atoms. The molecular formula is C18H22N3O5. The number of nitrogens with two attached hydrogens (primary N) is 1. The highest BCUT2D eigenvalue weighted by Gasteiger charge is 2.32. The third kappa shape index (κ3) is 5.13. The number of amides is 1. The molecule has 1 heterocycles. The number of piperidine rings is 1. The summed E-state index contributed by atoms with van der Waals surface area (Å²) in [4.78, 5) is 39.8. The minimum absolute atomic E-state index is 0.0519. The Morgan fingerprint density at radius 2 is 2.04 bits per heavy atom. The quantitative estimate of drug-likeness (QED) is 0.269. The van der Waals surface area contributed by atoms with E-state index < -0.39 is 12.1 Å². The Morgan fingerprint density at radius 1 is 1.35 bits per heavy atom. The number of hydrogen-bond donors (Lipinski definition) is 1. The lowest BCUT2D eigenvalue weighted by atomic mass is 9.92. The summed E-state index contributed by atoms with van der Waals surface area (Å²) < 4.78 is 0. The van der Waals surface area contributed by atoms with Crippen molar-refractivity contribution >= 4 is 24.0 Å². The van der Waals surface area contributed by atoms with E-state index >= 15 is 0 Å². The highest BCUT2D eigenvalue weighted by Crippen LogP contribution is 2.32. The largest absolute Gasteiger partial charge is 0.380 e. The van der Waals surface area contributed by atoms with Crippen LogP contribution in [0.5, 0.6) is 0 Å². The number of likely N-dealkylation sites (tertiary alicyclic amines) is 1.